The maximum atomic E-state index is 12.2. The van der Waals surface area contributed by atoms with Gasteiger partial charge in [0.25, 0.3) is 5.91 Å². The predicted octanol–water partition coefficient (Wildman–Crippen LogP) is 2.72. The van der Waals surface area contributed by atoms with Crippen molar-refractivity contribution in [2.24, 2.45) is 7.05 Å². The van der Waals surface area contributed by atoms with E-state index in [4.69, 9.17) is 16.3 Å². The van der Waals surface area contributed by atoms with E-state index >= 15 is 0 Å². The third-order valence-electron chi connectivity index (χ3n) is 2.54. The Hall–Kier alpha value is -2.01. The topological polar surface area (TPSA) is 56.1 Å². The number of nitrogens with one attached hydrogen (secondary N) is 1. The van der Waals surface area contributed by atoms with Gasteiger partial charge in [-0.2, -0.15) is 5.10 Å². The minimum Gasteiger partial charge on any atom is -0.492 e. The molecule has 19 heavy (non-hydrogen) atoms. The Balaban J connectivity index is 2.24. The van der Waals surface area contributed by atoms with Crippen molar-refractivity contribution in [1.29, 1.82) is 0 Å². The third-order valence-corrected chi connectivity index (χ3v) is 2.82. The predicted molar refractivity (Wildman–Crippen MR) is 73.8 cm³/mol. The highest BCUT2D eigenvalue weighted by Gasteiger charge is 2.17. The largest absolute Gasteiger partial charge is 0.492 e. The van der Waals surface area contributed by atoms with Crippen LogP contribution < -0.4 is 10.1 Å². The summed E-state index contributed by atoms with van der Waals surface area (Å²) in [4.78, 5) is 12.2. The van der Waals surface area contributed by atoms with E-state index in [1.54, 1.807) is 19.2 Å². The van der Waals surface area contributed by atoms with Crippen molar-refractivity contribution in [1.82, 2.24) is 9.78 Å². The molecule has 2 aromatic rings. The lowest BCUT2D eigenvalue weighted by Gasteiger charge is -2.11. The Morgan fingerprint density at radius 2 is 2.21 bits per heavy atom. The molecular formula is C13H14ClN3O2. The fourth-order valence-corrected chi connectivity index (χ4v) is 1.95. The summed E-state index contributed by atoms with van der Waals surface area (Å²) in [6.07, 6.45) is 1.44. The summed E-state index contributed by atoms with van der Waals surface area (Å²) < 4.78 is 6.88. The van der Waals surface area contributed by atoms with Gasteiger partial charge in [0, 0.05) is 7.05 Å². The summed E-state index contributed by atoms with van der Waals surface area (Å²) in [6, 6.07) is 7.23. The van der Waals surface area contributed by atoms with Gasteiger partial charge >= 0.3 is 0 Å². The molecule has 0 spiro atoms. The summed E-state index contributed by atoms with van der Waals surface area (Å²) in [5.74, 6) is 0.300. The van der Waals surface area contributed by atoms with Crippen molar-refractivity contribution in [3.05, 3.63) is 41.2 Å². The van der Waals surface area contributed by atoms with Crippen LogP contribution in [0.2, 0.25) is 5.02 Å². The quantitative estimate of drug-likeness (QED) is 0.936. The van der Waals surface area contributed by atoms with Crippen LogP contribution in [0.3, 0.4) is 0 Å². The van der Waals surface area contributed by atoms with E-state index in [2.05, 4.69) is 10.4 Å². The fourth-order valence-electron chi connectivity index (χ4n) is 1.70. The first-order valence-electron chi connectivity index (χ1n) is 5.84. The van der Waals surface area contributed by atoms with Gasteiger partial charge in [-0.25, -0.2) is 0 Å². The molecular weight excluding hydrogens is 266 g/mol. The van der Waals surface area contributed by atoms with E-state index < -0.39 is 0 Å². The SMILES string of the molecule is CCOc1ccccc1NC(=O)c1c(Cl)cnn1C. The van der Waals surface area contributed by atoms with Crippen LogP contribution in [0, 0.1) is 0 Å². The molecule has 0 aliphatic rings. The molecule has 0 aliphatic heterocycles. The molecule has 1 aromatic carbocycles. The summed E-state index contributed by atoms with van der Waals surface area (Å²) in [6.45, 7) is 2.41. The van der Waals surface area contributed by atoms with Gasteiger partial charge in [-0.15, -0.1) is 0 Å². The molecule has 1 N–H and O–H groups in total. The molecule has 0 unspecified atom stereocenters. The number of benzene rings is 1. The van der Waals surface area contributed by atoms with E-state index in [0.29, 0.717) is 28.8 Å². The van der Waals surface area contributed by atoms with Gasteiger partial charge in [0.05, 0.1) is 23.5 Å². The molecule has 0 radical (unpaired) electrons. The van der Waals surface area contributed by atoms with Crippen molar-refractivity contribution in [3.8, 4) is 5.75 Å². The molecule has 0 saturated heterocycles. The Labute approximate surface area is 116 Å². The number of hydrogen-bond donors (Lipinski definition) is 1. The standard InChI is InChI=1S/C13H14ClN3O2/c1-3-19-11-7-5-4-6-10(11)16-13(18)12-9(14)8-15-17(12)2/h4-8H,3H2,1-2H3,(H,16,18). The van der Waals surface area contributed by atoms with Crippen LogP contribution in [-0.2, 0) is 7.05 Å². The molecule has 5 nitrogen and oxygen atoms in total. The van der Waals surface area contributed by atoms with E-state index in [1.807, 2.05) is 19.1 Å². The number of anilines is 1. The number of aryl methyl sites for hydroxylation is 1. The van der Waals surface area contributed by atoms with E-state index in [-0.39, 0.29) is 5.91 Å². The average Bonchev–Trinajstić information content (AvgIpc) is 2.72. The van der Waals surface area contributed by atoms with Gasteiger partial charge in [-0.1, -0.05) is 23.7 Å². The van der Waals surface area contributed by atoms with Gasteiger partial charge in [0.15, 0.2) is 0 Å². The number of para-hydroxylation sites is 2. The fraction of sp³-hybridized carbons (Fsp3) is 0.231. The van der Waals surface area contributed by atoms with Crippen molar-refractivity contribution < 1.29 is 9.53 Å². The molecule has 2 rings (SSSR count). The molecule has 0 aliphatic carbocycles. The van der Waals surface area contributed by atoms with Gasteiger partial charge in [-0.3, -0.25) is 9.48 Å². The van der Waals surface area contributed by atoms with Crippen molar-refractivity contribution in [2.45, 2.75) is 6.92 Å². The first-order chi connectivity index (χ1) is 9.13. The maximum absolute atomic E-state index is 12.2. The second-order valence-electron chi connectivity index (χ2n) is 3.85. The molecule has 1 amide bonds. The normalized spacial score (nSPS) is 10.3. The number of amides is 1. The zero-order valence-electron chi connectivity index (χ0n) is 10.7. The Kier molecular flexibility index (Phi) is 4.06. The average molecular weight is 280 g/mol. The zero-order chi connectivity index (χ0) is 13.8. The molecule has 100 valence electrons. The summed E-state index contributed by atoms with van der Waals surface area (Å²) in [7, 11) is 1.66. The monoisotopic (exact) mass is 279 g/mol. The van der Waals surface area contributed by atoms with Crippen LogP contribution in [0.5, 0.6) is 5.75 Å². The van der Waals surface area contributed by atoms with Crippen LogP contribution in [-0.4, -0.2) is 22.3 Å². The lowest BCUT2D eigenvalue weighted by Crippen LogP contribution is -2.17. The van der Waals surface area contributed by atoms with Crippen LogP contribution >= 0.6 is 11.6 Å². The number of aromatic nitrogens is 2. The van der Waals surface area contributed by atoms with Gasteiger partial charge in [0.1, 0.15) is 11.4 Å². The smallest absolute Gasteiger partial charge is 0.275 e. The maximum Gasteiger partial charge on any atom is 0.275 e. The highest BCUT2D eigenvalue weighted by Crippen LogP contribution is 2.25. The van der Waals surface area contributed by atoms with Gasteiger partial charge in [0.2, 0.25) is 0 Å². The summed E-state index contributed by atoms with van der Waals surface area (Å²) >= 11 is 5.93. The van der Waals surface area contributed by atoms with Crippen LogP contribution in [0.15, 0.2) is 30.5 Å². The molecule has 0 saturated carbocycles. The number of carbonyl (C=O) groups is 1. The Morgan fingerprint density at radius 1 is 1.47 bits per heavy atom. The second-order valence-corrected chi connectivity index (χ2v) is 4.26. The Bertz CT molecular complexity index is 576. The van der Waals surface area contributed by atoms with E-state index in [1.165, 1.54) is 10.9 Å². The molecule has 0 bridgehead atoms. The number of rotatable bonds is 4. The van der Waals surface area contributed by atoms with E-state index in [9.17, 15) is 4.79 Å². The van der Waals surface area contributed by atoms with Gasteiger partial charge in [-0.05, 0) is 19.1 Å². The minimum atomic E-state index is -0.322. The van der Waals surface area contributed by atoms with Gasteiger partial charge < -0.3 is 10.1 Å². The summed E-state index contributed by atoms with van der Waals surface area (Å²) in [5, 5.41) is 7.01. The highest BCUT2D eigenvalue weighted by molar-refractivity contribution is 6.34. The lowest BCUT2D eigenvalue weighted by molar-refractivity contribution is 0.101. The van der Waals surface area contributed by atoms with Crippen molar-refractivity contribution in [3.63, 3.8) is 0 Å². The number of carbonyl (C=O) groups excluding carboxylic acids is 1. The van der Waals surface area contributed by atoms with E-state index in [0.717, 1.165) is 0 Å². The number of nitrogens with zero attached hydrogens (tertiary/aromatic N) is 2. The van der Waals surface area contributed by atoms with Crippen LogP contribution in [0.1, 0.15) is 17.4 Å². The van der Waals surface area contributed by atoms with Crippen molar-refractivity contribution in [2.75, 3.05) is 11.9 Å². The molecule has 0 atom stereocenters. The Morgan fingerprint density at radius 3 is 2.84 bits per heavy atom. The number of ether oxygens (including phenoxy) is 1. The molecule has 1 aromatic heterocycles. The summed E-state index contributed by atoms with van der Waals surface area (Å²) in [5.41, 5.74) is 0.916. The van der Waals surface area contributed by atoms with Crippen LogP contribution in [0.25, 0.3) is 0 Å². The third kappa shape index (κ3) is 2.88. The first kappa shape index (κ1) is 13.4. The highest BCUT2D eigenvalue weighted by atomic mass is 35.5. The molecule has 6 heteroatoms. The van der Waals surface area contributed by atoms with Crippen molar-refractivity contribution >= 4 is 23.2 Å². The second kappa shape index (κ2) is 5.75. The molecule has 1 heterocycles. The zero-order valence-corrected chi connectivity index (χ0v) is 11.4. The lowest BCUT2D eigenvalue weighted by atomic mass is 10.2. The number of halogens is 1. The minimum absolute atomic E-state index is 0.313. The van der Waals surface area contributed by atoms with Crippen LogP contribution in [0.4, 0.5) is 5.69 Å². The first-order valence-corrected chi connectivity index (χ1v) is 6.22. The number of hydrogen-bond acceptors (Lipinski definition) is 3. The molecule has 0 fully saturated rings.